The Morgan fingerprint density at radius 2 is 1.84 bits per heavy atom. The van der Waals surface area contributed by atoms with Crippen LogP contribution >= 0.6 is 23.2 Å². The van der Waals surface area contributed by atoms with Gasteiger partial charge >= 0.3 is 6.09 Å². The van der Waals surface area contributed by atoms with Crippen LogP contribution in [0.4, 0.5) is 10.5 Å². The van der Waals surface area contributed by atoms with E-state index in [1.807, 2.05) is 0 Å². The maximum atomic E-state index is 12.3. The van der Waals surface area contributed by atoms with Crippen LogP contribution in [0.5, 0.6) is 11.5 Å². The number of pyridine rings is 1. The van der Waals surface area contributed by atoms with Crippen LogP contribution in [-0.4, -0.2) is 42.3 Å². The van der Waals surface area contributed by atoms with Gasteiger partial charge in [0.1, 0.15) is 11.8 Å². The first-order chi connectivity index (χ1) is 17.1. The summed E-state index contributed by atoms with van der Waals surface area (Å²) in [7, 11) is -1.96. The summed E-state index contributed by atoms with van der Waals surface area (Å²) < 4.78 is 13.4. The van der Waals surface area contributed by atoms with Crippen molar-refractivity contribution in [1.29, 1.82) is 5.26 Å². The second kappa shape index (κ2) is 12.2. The highest BCUT2D eigenvalue weighted by Gasteiger charge is 2.36. The first kappa shape index (κ1) is 29.9. The fraction of sp³-hybridized carbons (Fsp3) is 0.348. The third-order valence-electron chi connectivity index (χ3n) is 5.61. The third kappa shape index (κ3) is 8.33. The van der Waals surface area contributed by atoms with E-state index in [4.69, 9.17) is 42.7 Å². The van der Waals surface area contributed by atoms with Gasteiger partial charge in [-0.2, -0.15) is 10.4 Å². The quantitative estimate of drug-likeness (QED) is 0.216. The zero-order chi connectivity index (χ0) is 28.0. The lowest BCUT2D eigenvalue weighted by atomic mass is 10.2. The smallest absolute Gasteiger partial charge is 0.411 e. The molecule has 0 aliphatic heterocycles. The van der Waals surface area contributed by atoms with Crippen LogP contribution in [0.3, 0.4) is 0 Å². The minimum absolute atomic E-state index is 0.0455. The average Bonchev–Trinajstić information content (AvgIpc) is 2.77. The Balaban J connectivity index is 2.17. The monoisotopic (exact) mass is 567 g/mol. The molecule has 0 aliphatic rings. The third-order valence-corrected chi connectivity index (χ3v) is 10.7. The highest BCUT2D eigenvalue weighted by atomic mass is 35.5. The van der Waals surface area contributed by atoms with Gasteiger partial charge in [-0.3, -0.25) is 20.3 Å². The van der Waals surface area contributed by atoms with Gasteiger partial charge in [0, 0.05) is 18.8 Å². The molecular weight excluding hydrogens is 541 g/mol. The number of halogens is 2. The van der Waals surface area contributed by atoms with E-state index >= 15 is 0 Å². The first-order valence-electron chi connectivity index (χ1n) is 10.9. The van der Waals surface area contributed by atoms with E-state index < -0.39 is 26.0 Å². The predicted octanol–water partition coefficient (Wildman–Crippen LogP) is 5.05. The molecular formula is C23H27Cl2N5O6Si. The Hall–Kier alpha value is -3.37. The largest absolute Gasteiger partial charge is 0.465 e. The number of rotatable bonds is 9. The van der Waals surface area contributed by atoms with Crippen LogP contribution in [0.25, 0.3) is 0 Å². The van der Waals surface area contributed by atoms with Crippen LogP contribution in [-0.2, 0) is 15.8 Å². The van der Waals surface area contributed by atoms with Crippen molar-refractivity contribution in [1.82, 2.24) is 9.88 Å². The number of amides is 2. The molecule has 1 heterocycles. The maximum absolute atomic E-state index is 12.3. The Kier molecular flexibility index (Phi) is 9.88. The number of carboxylic acid groups (broad SMARTS) is 1. The minimum Gasteiger partial charge on any atom is -0.465 e. The number of hydrogen-bond donors (Lipinski definition) is 3. The number of aromatic nitrogens is 1. The molecule has 0 saturated heterocycles. The lowest BCUT2D eigenvalue weighted by molar-refractivity contribution is -0.114. The molecule has 2 rings (SSSR count). The number of imide groups is 1. The standard InChI is InChI=1S/C23H27Cl2N5O6Si/c1-23(2,3)37(4,5)35-9-8-30-13-15(6-7-19(30)31)36-20-16(24)10-14(11-17(20)25)28-29-18(12-26)21(32)27-22(33)34/h6-7,10-11,13,28H,8-9H2,1-5H3,(H,27,32)(H,33,34). The van der Waals surface area contributed by atoms with Crippen LogP contribution in [0.15, 0.2) is 40.4 Å². The number of hydrazone groups is 1. The van der Waals surface area contributed by atoms with E-state index in [1.54, 1.807) is 0 Å². The first-order valence-corrected chi connectivity index (χ1v) is 14.6. The molecule has 0 unspecified atom stereocenters. The molecule has 3 N–H and O–H groups in total. The molecule has 0 saturated carbocycles. The molecule has 0 fully saturated rings. The molecule has 198 valence electrons. The molecule has 1 aromatic carbocycles. The van der Waals surface area contributed by atoms with Crippen LogP contribution in [0.1, 0.15) is 20.8 Å². The van der Waals surface area contributed by atoms with Crippen molar-refractivity contribution in [3.63, 3.8) is 0 Å². The summed E-state index contributed by atoms with van der Waals surface area (Å²) in [5.74, 6) is -0.791. The number of nitrogens with one attached hydrogen (secondary N) is 2. The number of ether oxygens (including phenoxy) is 1. The molecule has 0 radical (unpaired) electrons. The highest BCUT2D eigenvalue weighted by Crippen LogP contribution is 2.39. The van der Waals surface area contributed by atoms with Gasteiger partial charge in [0.15, 0.2) is 14.1 Å². The summed E-state index contributed by atoms with van der Waals surface area (Å²) in [5, 5.41) is 22.8. The molecule has 0 atom stereocenters. The van der Waals surface area contributed by atoms with E-state index in [1.165, 1.54) is 46.4 Å². The summed E-state index contributed by atoms with van der Waals surface area (Å²) in [4.78, 5) is 34.5. The molecule has 37 heavy (non-hydrogen) atoms. The Morgan fingerprint density at radius 1 is 1.22 bits per heavy atom. The SMILES string of the molecule is CC(C)(C)[Si](C)(C)OCCn1cc(Oc2c(Cl)cc(NN=C(C#N)C(=O)NC(=O)O)cc2Cl)ccc1=O. The van der Waals surface area contributed by atoms with Gasteiger partial charge in [0.05, 0.1) is 22.3 Å². The molecule has 0 aliphatic carbocycles. The molecule has 0 spiro atoms. The number of carbonyl (C=O) groups excluding carboxylic acids is 1. The van der Waals surface area contributed by atoms with Crippen molar-refractivity contribution in [2.24, 2.45) is 5.10 Å². The van der Waals surface area contributed by atoms with Gasteiger partial charge in [-0.05, 0) is 36.3 Å². The molecule has 1 aromatic heterocycles. The van der Waals surface area contributed by atoms with Gasteiger partial charge in [-0.15, -0.1) is 0 Å². The molecule has 2 aromatic rings. The number of anilines is 1. The van der Waals surface area contributed by atoms with Gasteiger partial charge in [-0.25, -0.2) is 4.79 Å². The Morgan fingerprint density at radius 3 is 2.38 bits per heavy atom. The number of benzene rings is 1. The lowest BCUT2D eigenvalue weighted by Gasteiger charge is -2.36. The van der Waals surface area contributed by atoms with E-state index in [0.29, 0.717) is 18.9 Å². The van der Waals surface area contributed by atoms with Crippen molar-refractivity contribution < 1.29 is 23.9 Å². The molecule has 14 heteroatoms. The number of carbonyl (C=O) groups is 2. The number of nitriles is 1. The molecule has 2 amide bonds. The van der Waals surface area contributed by atoms with Crippen molar-refractivity contribution in [2.75, 3.05) is 12.0 Å². The second-order valence-electron chi connectivity index (χ2n) is 9.32. The number of nitrogens with zero attached hydrogens (tertiary/aromatic N) is 3. The maximum Gasteiger partial charge on any atom is 0.411 e. The summed E-state index contributed by atoms with van der Waals surface area (Å²) in [5.41, 5.74) is 1.67. The van der Waals surface area contributed by atoms with Crippen molar-refractivity contribution in [3.8, 4) is 17.6 Å². The fourth-order valence-corrected chi connectivity index (χ4v) is 4.20. The minimum atomic E-state index is -1.96. The van der Waals surface area contributed by atoms with Crippen LogP contribution < -0.4 is 21.0 Å². The van der Waals surface area contributed by atoms with Gasteiger partial charge in [-0.1, -0.05) is 44.0 Å². The molecule has 11 nitrogen and oxygen atoms in total. The van der Waals surface area contributed by atoms with Gasteiger partial charge in [0.25, 0.3) is 11.5 Å². The summed E-state index contributed by atoms with van der Waals surface area (Å²) in [6.45, 7) is 11.4. The van der Waals surface area contributed by atoms with E-state index in [2.05, 4.69) is 44.4 Å². The zero-order valence-electron chi connectivity index (χ0n) is 20.9. The van der Waals surface area contributed by atoms with E-state index in [-0.39, 0.29) is 32.1 Å². The van der Waals surface area contributed by atoms with Crippen molar-refractivity contribution >= 4 is 54.9 Å². The normalized spacial score (nSPS) is 12.0. The zero-order valence-corrected chi connectivity index (χ0v) is 23.4. The highest BCUT2D eigenvalue weighted by molar-refractivity contribution is 6.74. The Bertz CT molecular complexity index is 1290. The van der Waals surface area contributed by atoms with Crippen molar-refractivity contribution in [3.05, 3.63) is 50.9 Å². The number of hydrogen-bond acceptors (Lipinski definition) is 8. The average molecular weight is 568 g/mol. The predicted molar refractivity (Wildman–Crippen MR) is 143 cm³/mol. The summed E-state index contributed by atoms with van der Waals surface area (Å²) >= 11 is 12.6. The van der Waals surface area contributed by atoms with Crippen LogP contribution in [0.2, 0.25) is 28.2 Å². The Labute approximate surface area is 224 Å². The van der Waals surface area contributed by atoms with Gasteiger partial charge in [0.2, 0.25) is 5.71 Å². The molecule has 0 bridgehead atoms. The van der Waals surface area contributed by atoms with Gasteiger partial charge < -0.3 is 18.8 Å². The second-order valence-corrected chi connectivity index (χ2v) is 14.9. The van der Waals surface area contributed by atoms with E-state index in [9.17, 15) is 14.4 Å². The fourth-order valence-electron chi connectivity index (χ4n) is 2.60. The summed E-state index contributed by atoms with van der Waals surface area (Å²) in [6, 6.07) is 7.07. The van der Waals surface area contributed by atoms with Crippen LogP contribution in [0, 0.1) is 11.3 Å². The van der Waals surface area contributed by atoms with Crippen molar-refractivity contribution in [2.45, 2.75) is 45.4 Å². The summed E-state index contributed by atoms with van der Waals surface area (Å²) in [6.07, 6.45) is -0.101. The topological polar surface area (TPSA) is 155 Å². The van der Waals surface area contributed by atoms with E-state index in [0.717, 1.165) is 0 Å². The lowest BCUT2D eigenvalue weighted by Crippen LogP contribution is -2.41.